The van der Waals surface area contributed by atoms with Gasteiger partial charge in [-0.15, -0.1) is 0 Å². The number of alkyl halides is 3. The summed E-state index contributed by atoms with van der Waals surface area (Å²) in [5.74, 6) is 2.22. The molecule has 4 saturated carbocycles. The summed E-state index contributed by atoms with van der Waals surface area (Å²) in [7, 11) is 0. The Balaban J connectivity index is 1.41. The zero-order valence-corrected chi connectivity index (χ0v) is 18.9. The molecule has 2 nitrogen and oxygen atoms in total. The molecule has 32 heavy (non-hydrogen) atoms. The number of carbonyl (C=O) groups excluding carboxylic acids is 1. The topological polar surface area (TPSA) is 37.3 Å². The molecular formula is C27H33F3O2. The van der Waals surface area contributed by atoms with E-state index in [1.165, 1.54) is 12.1 Å². The van der Waals surface area contributed by atoms with E-state index in [-0.39, 0.29) is 22.7 Å². The van der Waals surface area contributed by atoms with Crippen molar-refractivity contribution in [3.8, 4) is 0 Å². The normalized spacial score (nSPS) is 43.0. The molecule has 7 atom stereocenters. The second-order valence-corrected chi connectivity index (χ2v) is 11.4. The Morgan fingerprint density at radius 3 is 2.41 bits per heavy atom. The minimum atomic E-state index is -4.35. The van der Waals surface area contributed by atoms with Crippen LogP contribution in [-0.4, -0.2) is 17.0 Å². The number of aliphatic hydroxyl groups excluding tert-OH is 1. The van der Waals surface area contributed by atoms with Crippen molar-refractivity contribution in [3.05, 3.63) is 41.0 Å². The van der Waals surface area contributed by atoms with Crippen molar-refractivity contribution in [2.45, 2.75) is 77.5 Å². The van der Waals surface area contributed by atoms with Crippen LogP contribution in [0.2, 0.25) is 0 Å². The molecule has 0 spiro atoms. The second kappa shape index (κ2) is 7.44. The molecule has 4 aliphatic rings. The van der Waals surface area contributed by atoms with Crippen molar-refractivity contribution in [2.75, 3.05) is 0 Å². The number of aliphatic hydroxyl groups is 1. The van der Waals surface area contributed by atoms with Crippen LogP contribution in [0.5, 0.6) is 0 Å². The van der Waals surface area contributed by atoms with E-state index >= 15 is 0 Å². The van der Waals surface area contributed by atoms with Crippen LogP contribution in [-0.2, 0) is 11.0 Å². The van der Waals surface area contributed by atoms with Gasteiger partial charge in [-0.3, -0.25) is 4.79 Å². The highest BCUT2D eigenvalue weighted by Crippen LogP contribution is 2.66. The molecule has 0 bridgehead atoms. The first kappa shape index (κ1) is 22.2. The number of hydrogen-bond acceptors (Lipinski definition) is 2. The number of allylic oxidation sites excluding steroid dienone is 1. The predicted octanol–water partition coefficient (Wildman–Crippen LogP) is 6.67. The first-order valence-electron chi connectivity index (χ1n) is 12.1. The summed E-state index contributed by atoms with van der Waals surface area (Å²) in [5.41, 5.74) is 0.688. The van der Waals surface area contributed by atoms with Crippen molar-refractivity contribution < 1.29 is 23.1 Å². The maximum absolute atomic E-state index is 13.5. The van der Waals surface area contributed by atoms with Gasteiger partial charge in [-0.1, -0.05) is 26.0 Å². The molecule has 0 saturated heterocycles. The summed E-state index contributed by atoms with van der Waals surface area (Å²) < 4.78 is 38.6. The SMILES string of the molecule is C[C@]12CC[C@@H](O)C[C@@H]1CC[C@H]1[C@H]2CC[C@]2(C)C(=O)/C(=C/c3ccc(C(F)(F)F)cc3)C[C@H]12. The van der Waals surface area contributed by atoms with Gasteiger partial charge in [0.15, 0.2) is 5.78 Å². The average molecular weight is 447 g/mol. The third-order valence-electron chi connectivity index (χ3n) is 9.86. The summed E-state index contributed by atoms with van der Waals surface area (Å²) in [6.45, 7) is 4.56. The molecule has 1 aromatic rings. The number of halogens is 3. The Hall–Kier alpha value is -1.62. The lowest BCUT2D eigenvalue weighted by Gasteiger charge is -2.59. The Kier molecular flexibility index (Phi) is 5.16. The van der Waals surface area contributed by atoms with Crippen LogP contribution in [0.25, 0.3) is 6.08 Å². The van der Waals surface area contributed by atoms with E-state index in [1.807, 2.05) is 6.08 Å². The van der Waals surface area contributed by atoms with Crippen molar-refractivity contribution in [3.63, 3.8) is 0 Å². The average Bonchev–Trinajstić information content (AvgIpc) is 2.99. The molecule has 0 unspecified atom stereocenters. The van der Waals surface area contributed by atoms with Crippen LogP contribution in [0.3, 0.4) is 0 Å². The molecule has 1 aromatic carbocycles. The van der Waals surface area contributed by atoms with Gasteiger partial charge in [0.2, 0.25) is 0 Å². The van der Waals surface area contributed by atoms with Crippen molar-refractivity contribution in [1.82, 2.24) is 0 Å². The summed E-state index contributed by atoms with van der Waals surface area (Å²) >= 11 is 0. The van der Waals surface area contributed by atoms with Gasteiger partial charge in [-0.2, -0.15) is 13.2 Å². The lowest BCUT2D eigenvalue weighted by molar-refractivity contribution is -0.141. The third kappa shape index (κ3) is 3.38. The van der Waals surface area contributed by atoms with Gasteiger partial charge in [-0.25, -0.2) is 0 Å². The van der Waals surface area contributed by atoms with Crippen LogP contribution >= 0.6 is 0 Å². The van der Waals surface area contributed by atoms with Gasteiger partial charge in [0, 0.05) is 5.41 Å². The Morgan fingerprint density at radius 2 is 1.72 bits per heavy atom. The number of ketones is 1. The fraction of sp³-hybridized carbons (Fsp3) is 0.667. The fourth-order valence-electron chi connectivity index (χ4n) is 8.00. The van der Waals surface area contributed by atoms with E-state index in [4.69, 9.17) is 0 Å². The number of benzene rings is 1. The Bertz CT molecular complexity index is 933. The Labute approximate surface area is 188 Å². The minimum absolute atomic E-state index is 0.162. The molecule has 4 aliphatic carbocycles. The minimum Gasteiger partial charge on any atom is -0.393 e. The highest BCUT2D eigenvalue weighted by molar-refractivity contribution is 6.05. The molecule has 0 aliphatic heterocycles. The van der Waals surface area contributed by atoms with Crippen LogP contribution in [0, 0.1) is 34.5 Å². The molecule has 174 valence electrons. The first-order valence-corrected chi connectivity index (χ1v) is 12.1. The quantitative estimate of drug-likeness (QED) is 0.489. The largest absolute Gasteiger partial charge is 0.416 e. The summed E-state index contributed by atoms with van der Waals surface area (Å²) in [5, 5.41) is 10.2. The van der Waals surface area contributed by atoms with E-state index in [0.717, 1.165) is 69.1 Å². The van der Waals surface area contributed by atoms with Crippen LogP contribution < -0.4 is 0 Å². The third-order valence-corrected chi connectivity index (χ3v) is 9.86. The summed E-state index contributed by atoms with van der Waals surface area (Å²) in [6, 6.07) is 5.12. The number of carbonyl (C=O) groups is 1. The van der Waals surface area contributed by atoms with Gasteiger partial charge in [0.25, 0.3) is 0 Å². The fourth-order valence-corrected chi connectivity index (χ4v) is 8.00. The molecule has 5 rings (SSSR count). The van der Waals surface area contributed by atoms with Crippen molar-refractivity contribution >= 4 is 11.9 Å². The van der Waals surface area contributed by atoms with E-state index in [0.29, 0.717) is 29.2 Å². The number of Topliss-reactive ketones (excluding diaryl/α,β-unsaturated/α-hetero) is 1. The number of hydrogen-bond donors (Lipinski definition) is 1. The highest BCUT2D eigenvalue weighted by atomic mass is 19.4. The van der Waals surface area contributed by atoms with Crippen LogP contribution in [0.1, 0.15) is 76.3 Å². The standard InChI is InChI=1S/C27H33F3O2/c1-25-11-9-20(31)15-19(25)7-8-21-22(25)10-12-26(2)23(21)14-17(24(26)32)13-16-3-5-18(6-4-16)27(28,29)30/h3-6,13,19-23,31H,7-12,14-15H2,1-2H3/b17-13+/t19-,20+,21-,22+,23+,25-,26-/m0/s1. The zero-order valence-electron chi connectivity index (χ0n) is 18.9. The zero-order chi connectivity index (χ0) is 22.9. The molecule has 5 heteroatoms. The lowest BCUT2D eigenvalue weighted by atomic mass is 9.45. The maximum atomic E-state index is 13.5. The maximum Gasteiger partial charge on any atom is 0.416 e. The van der Waals surface area contributed by atoms with E-state index in [9.17, 15) is 23.1 Å². The molecule has 4 fully saturated rings. The monoisotopic (exact) mass is 446 g/mol. The van der Waals surface area contributed by atoms with Crippen molar-refractivity contribution in [2.24, 2.45) is 34.5 Å². The molecule has 0 aromatic heterocycles. The van der Waals surface area contributed by atoms with Gasteiger partial charge < -0.3 is 5.11 Å². The smallest absolute Gasteiger partial charge is 0.393 e. The lowest BCUT2D eigenvalue weighted by Crippen LogP contribution is -2.54. The molecular weight excluding hydrogens is 413 g/mol. The van der Waals surface area contributed by atoms with Crippen LogP contribution in [0.4, 0.5) is 13.2 Å². The molecule has 1 N–H and O–H groups in total. The van der Waals surface area contributed by atoms with Gasteiger partial charge in [0.1, 0.15) is 0 Å². The van der Waals surface area contributed by atoms with Gasteiger partial charge >= 0.3 is 6.18 Å². The predicted molar refractivity (Wildman–Crippen MR) is 118 cm³/mol. The first-order chi connectivity index (χ1) is 15.0. The van der Waals surface area contributed by atoms with Gasteiger partial charge in [-0.05, 0) is 110 Å². The highest BCUT2D eigenvalue weighted by Gasteiger charge is 2.61. The van der Waals surface area contributed by atoms with Crippen molar-refractivity contribution in [1.29, 1.82) is 0 Å². The summed E-state index contributed by atoms with van der Waals surface area (Å²) in [4.78, 5) is 13.5. The molecule has 0 amide bonds. The molecule has 0 heterocycles. The van der Waals surface area contributed by atoms with E-state index < -0.39 is 11.7 Å². The Morgan fingerprint density at radius 1 is 1.00 bits per heavy atom. The summed E-state index contributed by atoms with van der Waals surface area (Å²) in [6.07, 6.45) is 5.15. The number of fused-ring (bicyclic) bond motifs is 5. The number of rotatable bonds is 1. The van der Waals surface area contributed by atoms with E-state index in [1.54, 1.807) is 0 Å². The van der Waals surface area contributed by atoms with Crippen LogP contribution in [0.15, 0.2) is 29.8 Å². The second-order valence-electron chi connectivity index (χ2n) is 11.4. The van der Waals surface area contributed by atoms with Gasteiger partial charge in [0.05, 0.1) is 11.7 Å². The molecule has 0 radical (unpaired) electrons. The van der Waals surface area contributed by atoms with E-state index in [2.05, 4.69) is 13.8 Å².